The van der Waals surface area contributed by atoms with Crippen LogP contribution in [0.5, 0.6) is 46.0 Å². The number of halogens is 5. The number of primary amides is 1. The number of amides is 7. The molecule has 0 radical (unpaired) electrons. The molecule has 9 heterocycles. The number of alkyl halides is 3. The third kappa shape index (κ3) is 20.4. The number of aliphatic hydroxyl groups is 8. The molecule has 0 spiro atoms. The van der Waals surface area contributed by atoms with Crippen molar-refractivity contribution in [3.8, 4) is 68.5 Å². The SMILES string of the molecule is CN[C@H](CC(C)C)C(=O)NC1C(=O)N[C@@H](CC(N)=O)C(=O)N[C@H]2C(=O)N[C@H]3C(=O)N[C@H](C(=O)N[C@@H](C(=O)O)c4cc(O)cc(O)c4-c4cc3ccc4O)[C@H](O[C@H]3C[C@](C)(N)[C@@H](O)[C@H](C)O3)c3ccc(c(Cl)c3)Oc3cc2cc(c3O[C@@H]2O[C@H](CO)[C@@H](O[C@@H]3O[C@H](CNCc4nc(-c5ccc(C(F)(F)F)cc5)no4)[C@H](O)[C@H](O)[C@H]3O)[C@H](O)[C@H]2O)Oc2ccc(cc2Cl)[C@H]1O. The molecule has 46 heteroatoms. The van der Waals surface area contributed by atoms with Gasteiger partial charge in [-0.2, -0.15) is 18.2 Å². The molecule has 23 atom stereocenters. The number of carboxylic acids is 1. The van der Waals surface area contributed by atoms with E-state index in [0.29, 0.717) is 0 Å². The van der Waals surface area contributed by atoms with Crippen molar-refractivity contribution in [1.82, 2.24) is 52.7 Å². The van der Waals surface area contributed by atoms with Gasteiger partial charge in [0.05, 0.1) is 53.4 Å². The summed E-state index contributed by atoms with van der Waals surface area (Å²) in [5.74, 6) is -17.3. The number of ether oxygens (including phenoxy) is 8. The molecule has 128 heavy (non-hydrogen) atoms. The first-order valence-corrected chi connectivity index (χ1v) is 40.6. The fraction of sp³-hybridized carbons (Fsp3) is 0.439. The van der Waals surface area contributed by atoms with E-state index in [4.69, 9.17) is 77.1 Å². The number of aromatic hydroxyl groups is 3. The predicted octanol–water partition coefficient (Wildman–Crippen LogP) is 0.797. The number of benzene rings is 6. The van der Waals surface area contributed by atoms with E-state index in [0.717, 1.165) is 97.1 Å². The predicted molar refractivity (Wildman–Crippen MR) is 431 cm³/mol. The molecule has 3 saturated heterocycles. The van der Waals surface area contributed by atoms with Gasteiger partial charge in [0, 0.05) is 46.8 Å². The number of rotatable bonds is 20. The Morgan fingerprint density at radius 1 is 0.688 bits per heavy atom. The number of fused-ring (bicyclic) bond motifs is 15. The Morgan fingerprint density at radius 3 is 1.94 bits per heavy atom. The number of aliphatic carboxylic acids is 1. The van der Waals surface area contributed by atoms with Gasteiger partial charge >= 0.3 is 12.1 Å². The summed E-state index contributed by atoms with van der Waals surface area (Å²) < 4.78 is 96.0. The van der Waals surface area contributed by atoms with Crippen LogP contribution in [0.3, 0.4) is 0 Å². The first kappa shape index (κ1) is 94.4. The molecule has 11 bridgehead atoms. The van der Waals surface area contributed by atoms with Gasteiger partial charge in [-0.1, -0.05) is 72.5 Å². The maximum Gasteiger partial charge on any atom is 0.416 e. The maximum absolute atomic E-state index is 16.4. The molecule has 1 unspecified atom stereocenters. The molecule has 8 aliphatic heterocycles. The van der Waals surface area contributed by atoms with Crippen molar-refractivity contribution in [2.24, 2.45) is 17.4 Å². The van der Waals surface area contributed by atoms with E-state index in [1.807, 2.05) is 0 Å². The van der Waals surface area contributed by atoms with E-state index < -0.39 is 302 Å². The number of phenols is 3. The highest BCUT2D eigenvalue weighted by Crippen LogP contribution is 2.51. The standard InChI is InChI=1S/C82H91Cl2F3N12O29/c1-29(2)16-42(90-5)72(112)97-59-61(105)33-9-14-46(40(83)18-33)121-48-20-35-21-49(68(48)126-80-66(110)64(108)69(51(28-100)124-80)127-79-65(109)63(107)62(106)50(123-79)26-91-27-53-93-71(99-128-53)31-6-11-36(12-7-31)82(85,86)87)122-47-15-10-34(19-41(47)84)67(125-54-25-81(4,89)70(111)30(3)120-54)60-77(117)96-58(78(118)119)39-22-37(101)23-45(103)55(39)38-17-32(8-13-44(38)102)56(74(114)98-60)95-75(115)57(35)94-73(113)43(24-52(88)104)92-76(59)116/h6-15,17-23,29-30,42-43,50-51,54,56-67,69-70,79-80,90-91,100-103,105-111H,16,24-28,89H2,1-5H3,(H2,88,104)(H,92,116)(H,94,113)(H,95,115)(H,96,117)(H,97,112)(H,98,114)(H,118,119)/t30-,42+,43-,50+,51+,54-,56+,57+,58+,59?,60-,61+,62-,63-,64+,65+,66+,67+,69+,70-,79-,80-,81-/m0/s1. The minimum absolute atomic E-state index is 0.0940. The smallest absolute Gasteiger partial charge is 0.416 e. The lowest BCUT2D eigenvalue weighted by molar-refractivity contribution is -0.350. The number of aromatic nitrogens is 2. The van der Waals surface area contributed by atoms with Crippen LogP contribution in [0.1, 0.15) is 117 Å². The quantitative estimate of drug-likeness (QED) is 0.0502. The first-order valence-electron chi connectivity index (χ1n) is 39.8. The number of nitrogens with zero attached hydrogens (tertiary/aromatic N) is 2. The monoisotopic (exact) mass is 1830 g/mol. The highest BCUT2D eigenvalue weighted by molar-refractivity contribution is 6.32. The van der Waals surface area contributed by atoms with Crippen LogP contribution >= 0.6 is 23.2 Å². The Bertz CT molecular complexity index is 5350. The van der Waals surface area contributed by atoms with Crippen LogP contribution in [0.4, 0.5) is 13.2 Å². The molecule has 6 aromatic carbocycles. The number of hydrogen-bond acceptors (Lipinski definition) is 33. The van der Waals surface area contributed by atoms with Crippen molar-refractivity contribution in [2.45, 2.75) is 200 Å². The zero-order chi connectivity index (χ0) is 92.7. The number of nitrogens with one attached hydrogen (secondary N) is 8. The first-order chi connectivity index (χ1) is 60.5. The Balaban J connectivity index is 0.952. The Hall–Kier alpha value is -11.2. The zero-order valence-corrected chi connectivity index (χ0v) is 69.6. The van der Waals surface area contributed by atoms with Crippen LogP contribution in [0, 0.1) is 5.92 Å². The largest absolute Gasteiger partial charge is 0.508 e. The molecule has 0 aliphatic carbocycles. The van der Waals surface area contributed by atoms with Gasteiger partial charge in [-0.25, -0.2) is 4.79 Å². The lowest BCUT2D eigenvalue weighted by Crippen LogP contribution is -2.65. The van der Waals surface area contributed by atoms with Gasteiger partial charge in [-0.05, 0) is 122 Å². The molecule has 24 N–H and O–H groups in total. The number of phenolic OH excluding ortho intramolecular Hbond substituents is 3. The molecule has 688 valence electrons. The van der Waals surface area contributed by atoms with Crippen molar-refractivity contribution < 1.29 is 155 Å². The Labute approximate surface area is 733 Å². The van der Waals surface area contributed by atoms with Crippen molar-refractivity contribution in [1.29, 1.82) is 0 Å². The molecular formula is C82H91Cl2F3N12O29. The molecular weight excluding hydrogens is 1740 g/mol. The average Bonchev–Trinajstić information content (AvgIpc) is 0.800. The van der Waals surface area contributed by atoms with E-state index in [1.54, 1.807) is 13.8 Å². The lowest BCUT2D eigenvalue weighted by atomic mass is 9.86. The third-order valence-corrected chi connectivity index (χ3v) is 22.8. The lowest BCUT2D eigenvalue weighted by Gasteiger charge is -2.46. The number of carboxylic acid groups (broad SMARTS) is 1. The summed E-state index contributed by atoms with van der Waals surface area (Å²) in [6.45, 7) is 4.59. The van der Waals surface area contributed by atoms with Gasteiger partial charge in [-0.3, -0.25) is 33.6 Å². The zero-order valence-electron chi connectivity index (χ0n) is 68.1. The average molecular weight is 1840 g/mol. The van der Waals surface area contributed by atoms with Gasteiger partial charge in [-0.15, -0.1) is 0 Å². The molecule has 41 nitrogen and oxygen atoms in total. The van der Waals surface area contributed by atoms with E-state index in [-0.39, 0.29) is 53.7 Å². The molecule has 8 aliphatic rings. The number of likely N-dealkylation sites (N-methyl/N-ethyl adjacent to an activating group) is 1. The van der Waals surface area contributed by atoms with Crippen LogP contribution in [0.15, 0.2) is 108 Å². The van der Waals surface area contributed by atoms with Crippen molar-refractivity contribution in [3.05, 3.63) is 152 Å². The van der Waals surface area contributed by atoms with Gasteiger partial charge in [0.15, 0.2) is 30.1 Å². The van der Waals surface area contributed by atoms with Crippen LogP contribution in [-0.4, -0.2) is 249 Å². The van der Waals surface area contributed by atoms with Crippen LogP contribution in [0.2, 0.25) is 10.0 Å². The van der Waals surface area contributed by atoms with Gasteiger partial charge in [0.1, 0.15) is 120 Å². The number of carbonyl (C=O) groups is 8. The summed E-state index contributed by atoms with van der Waals surface area (Å²) in [5, 5.41) is 162. The third-order valence-electron chi connectivity index (χ3n) is 22.3. The van der Waals surface area contributed by atoms with E-state index >= 15 is 24.0 Å². The van der Waals surface area contributed by atoms with E-state index in [1.165, 1.54) is 27.0 Å². The van der Waals surface area contributed by atoms with Crippen molar-refractivity contribution in [2.75, 3.05) is 20.2 Å². The second-order valence-electron chi connectivity index (χ2n) is 32.1. The maximum atomic E-state index is 16.4. The van der Waals surface area contributed by atoms with Gasteiger partial charge in [0.2, 0.25) is 65.1 Å². The summed E-state index contributed by atoms with van der Waals surface area (Å²) in [6, 6.07) is 2.34. The second-order valence-corrected chi connectivity index (χ2v) is 32.9. The Kier molecular flexibility index (Phi) is 28.4. The fourth-order valence-electron chi connectivity index (χ4n) is 15.6. The minimum Gasteiger partial charge on any atom is -0.508 e. The topological polar surface area (TPSA) is 640 Å². The minimum atomic E-state index is -4.63. The van der Waals surface area contributed by atoms with Gasteiger partial charge in [0.25, 0.3) is 0 Å². The molecule has 1 aromatic heterocycles. The molecule has 7 aromatic rings. The van der Waals surface area contributed by atoms with Crippen molar-refractivity contribution in [3.63, 3.8) is 0 Å². The molecule has 7 amide bonds. The van der Waals surface area contributed by atoms with Crippen LogP contribution in [0.25, 0.3) is 22.5 Å². The van der Waals surface area contributed by atoms with Crippen LogP contribution in [-0.2, 0) is 74.8 Å². The van der Waals surface area contributed by atoms with E-state index in [2.05, 4.69) is 52.7 Å². The molecule has 3 fully saturated rings. The molecule has 0 saturated carbocycles. The summed E-state index contributed by atoms with van der Waals surface area (Å²) >= 11 is 14.5. The summed E-state index contributed by atoms with van der Waals surface area (Å²) in [7, 11) is 1.44. The normalized spacial score (nSPS) is 29.5. The van der Waals surface area contributed by atoms with Crippen LogP contribution < -0.4 is 68.2 Å². The highest BCUT2D eigenvalue weighted by atomic mass is 35.5. The number of hydrogen-bond donors (Lipinski definition) is 22. The summed E-state index contributed by atoms with van der Waals surface area (Å²) in [5.41, 5.74) is 7.00. The summed E-state index contributed by atoms with van der Waals surface area (Å²) in [4.78, 5) is 124. The number of nitrogens with two attached hydrogens (primary N) is 2. The van der Waals surface area contributed by atoms with E-state index in [9.17, 15) is 88.8 Å². The Morgan fingerprint density at radius 2 is 1.31 bits per heavy atom. The second kappa shape index (κ2) is 38.6. The highest BCUT2D eigenvalue weighted by Gasteiger charge is 2.53. The fourth-order valence-corrected chi connectivity index (χ4v) is 16.0. The number of carbonyl (C=O) groups excluding carboxylic acids is 7. The van der Waals surface area contributed by atoms with Crippen molar-refractivity contribution >= 4 is 70.5 Å². The summed E-state index contributed by atoms with van der Waals surface area (Å²) in [6.07, 6.45) is -35.0. The number of aliphatic hydroxyl groups excluding tert-OH is 8. The molecule has 15 rings (SSSR count). The van der Waals surface area contributed by atoms with Gasteiger partial charge < -0.3 is 158 Å².